The largest absolute Gasteiger partial charge is 0.340 e. The van der Waals surface area contributed by atoms with Crippen molar-refractivity contribution in [3.8, 4) is 11.8 Å². The molecule has 0 radical (unpaired) electrons. The Balaban J connectivity index is 1.98. The van der Waals surface area contributed by atoms with Gasteiger partial charge in [-0.15, -0.1) is 0 Å². The lowest BCUT2D eigenvalue weighted by molar-refractivity contribution is -0.115. The molecule has 0 bridgehead atoms. The van der Waals surface area contributed by atoms with Gasteiger partial charge in [0.25, 0.3) is 5.91 Å². The number of hydrogen-bond acceptors (Lipinski definition) is 2. The predicted octanol–water partition coefficient (Wildman–Crippen LogP) is 1.64. The first-order valence-corrected chi connectivity index (χ1v) is 6.04. The van der Waals surface area contributed by atoms with Crippen LogP contribution < -0.4 is 5.32 Å². The molecule has 0 aliphatic heterocycles. The molecule has 1 aliphatic rings. The van der Waals surface area contributed by atoms with Crippen molar-refractivity contribution in [2.45, 2.75) is 45.2 Å². The minimum atomic E-state index is -0.230. The summed E-state index contributed by atoms with van der Waals surface area (Å²) in [5.74, 6) is 4.82. The number of nitrogens with one attached hydrogen (secondary N) is 1. The van der Waals surface area contributed by atoms with Gasteiger partial charge in [-0.2, -0.15) is 5.10 Å². The van der Waals surface area contributed by atoms with Gasteiger partial charge in [0.2, 0.25) is 0 Å². The van der Waals surface area contributed by atoms with Gasteiger partial charge in [0.05, 0.1) is 18.3 Å². The second kappa shape index (κ2) is 5.53. The predicted molar refractivity (Wildman–Crippen MR) is 65.0 cm³/mol. The Morgan fingerprint density at radius 3 is 3.06 bits per heavy atom. The van der Waals surface area contributed by atoms with E-state index in [1.54, 1.807) is 13.1 Å². The maximum atomic E-state index is 11.3. The Labute approximate surface area is 101 Å². The van der Waals surface area contributed by atoms with Crippen LogP contribution in [-0.4, -0.2) is 15.7 Å². The maximum Gasteiger partial charge on any atom is 0.296 e. The molecule has 0 aromatic carbocycles. The van der Waals surface area contributed by atoms with E-state index in [1.807, 2.05) is 10.7 Å². The molecule has 17 heavy (non-hydrogen) atoms. The Bertz CT molecular complexity index is 447. The second-order valence-electron chi connectivity index (χ2n) is 4.26. The van der Waals surface area contributed by atoms with Crippen molar-refractivity contribution in [2.24, 2.45) is 0 Å². The van der Waals surface area contributed by atoms with E-state index >= 15 is 0 Å². The van der Waals surface area contributed by atoms with Crippen molar-refractivity contribution < 1.29 is 4.79 Å². The van der Waals surface area contributed by atoms with Crippen molar-refractivity contribution >= 4 is 5.91 Å². The summed E-state index contributed by atoms with van der Waals surface area (Å²) >= 11 is 0. The molecule has 1 aromatic heterocycles. The van der Waals surface area contributed by atoms with E-state index < -0.39 is 0 Å². The third kappa shape index (κ3) is 2.88. The summed E-state index contributed by atoms with van der Waals surface area (Å²) in [5.41, 5.74) is 1.06. The average Bonchev–Trinajstić information content (AvgIpc) is 2.97. The molecular formula is C13H17N3O. The molecule has 1 N–H and O–H groups in total. The lowest BCUT2D eigenvalue weighted by atomic mass is 10.2. The molecule has 1 fully saturated rings. The smallest absolute Gasteiger partial charge is 0.296 e. The molecule has 0 unspecified atom stereocenters. The van der Waals surface area contributed by atoms with Gasteiger partial charge >= 0.3 is 0 Å². The summed E-state index contributed by atoms with van der Waals surface area (Å²) in [6.07, 6.45) is 6.73. The average molecular weight is 231 g/mol. The van der Waals surface area contributed by atoms with Crippen LogP contribution in [0.5, 0.6) is 0 Å². The Morgan fingerprint density at radius 1 is 1.59 bits per heavy atom. The molecule has 0 saturated heterocycles. The molecular weight excluding hydrogens is 214 g/mol. The first-order chi connectivity index (χ1) is 8.31. The zero-order chi connectivity index (χ0) is 12.1. The van der Waals surface area contributed by atoms with Crippen LogP contribution in [0.3, 0.4) is 0 Å². The fourth-order valence-electron chi connectivity index (χ4n) is 2.29. The van der Waals surface area contributed by atoms with Gasteiger partial charge in [-0.05, 0) is 31.8 Å². The third-order valence-corrected chi connectivity index (χ3v) is 3.09. The molecule has 4 nitrogen and oxygen atoms in total. The second-order valence-corrected chi connectivity index (χ2v) is 4.26. The van der Waals surface area contributed by atoms with Crippen LogP contribution in [-0.2, 0) is 11.3 Å². The van der Waals surface area contributed by atoms with Crippen LogP contribution in [0, 0.1) is 11.8 Å². The van der Waals surface area contributed by atoms with Crippen LogP contribution in [0.2, 0.25) is 0 Å². The van der Waals surface area contributed by atoms with Gasteiger partial charge in [0.1, 0.15) is 0 Å². The van der Waals surface area contributed by atoms with E-state index in [2.05, 4.69) is 22.3 Å². The van der Waals surface area contributed by atoms with E-state index in [0.29, 0.717) is 12.6 Å². The number of nitrogens with zero attached hydrogens (tertiary/aromatic N) is 2. The molecule has 90 valence electrons. The van der Waals surface area contributed by atoms with Crippen molar-refractivity contribution in [2.75, 3.05) is 0 Å². The van der Waals surface area contributed by atoms with Crippen molar-refractivity contribution in [3.63, 3.8) is 0 Å². The summed E-state index contributed by atoms with van der Waals surface area (Å²) in [4.78, 5) is 11.3. The van der Waals surface area contributed by atoms with Crippen LogP contribution in [0.25, 0.3) is 0 Å². The molecule has 1 heterocycles. The third-order valence-electron chi connectivity index (χ3n) is 3.09. The molecule has 1 aromatic rings. The van der Waals surface area contributed by atoms with Crippen LogP contribution in [0.4, 0.5) is 0 Å². The molecule has 4 heteroatoms. The highest BCUT2D eigenvalue weighted by Crippen LogP contribution is 2.29. The van der Waals surface area contributed by atoms with E-state index in [4.69, 9.17) is 0 Å². The van der Waals surface area contributed by atoms with Gasteiger partial charge in [-0.25, -0.2) is 0 Å². The number of carbonyl (C=O) groups excluding carboxylic acids is 1. The highest BCUT2D eigenvalue weighted by Gasteiger charge is 2.19. The monoisotopic (exact) mass is 231 g/mol. The number of aromatic nitrogens is 2. The fraction of sp³-hybridized carbons (Fsp3) is 0.538. The summed E-state index contributed by atoms with van der Waals surface area (Å²) in [5, 5.41) is 7.13. The van der Waals surface area contributed by atoms with Gasteiger partial charge in [0.15, 0.2) is 0 Å². The molecule has 1 aliphatic carbocycles. The number of rotatable bonds is 3. The zero-order valence-electron chi connectivity index (χ0n) is 10.1. The molecule has 1 amide bonds. The first-order valence-electron chi connectivity index (χ1n) is 6.04. The Kier molecular flexibility index (Phi) is 3.81. The summed E-state index contributed by atoms with van der Waals surface area (Å²) < 4.78 is 2.05. The quantitative estimate of drug-likeness (QED) is 0.804. The van der Waals surface area contributed by atoms with Crippen LogP contribution in [0.15, 0.2) is 12.3 Å². The first kappa shape index (κ1) is 11.7. The van der Waals surface area contributed by atoms with E-state index in [0.717, 1.165) is 5.69 Å². The van der Waals surface area contributed by atoms with Gasteiger partial charge in [0, 0.05) is 6.20 Å². The van der Waals surface area contributed by atoms with Crippen LogP contribution >= 0.6 is 0 Å². The highest BCUT2D eigenvalue weighted by atomic mass is 16.1. The molecule has 2 rings (SSSR count). The van der Waals surface area contributed by atoms with E-state index in [-0.39, 0.29) is 5.91 Å². The van der Waals surface area contributed by atoms with Crippen molar-refractivity contribution in [1.82, 2.24) is 15.1 Å². The van der Waals surface area contributed by atoms with Gasteiger partial charge in [-0.1, -0.05) is 18.8 Å². The van der Waals surface area contributed by atoms with Crippen molar-refractivity contribution in [1.29, 1.82) is 0 Å². The SMILES string of the molecule is CC#CC(=O)NCc1ccnn1C1CCCC1. The van der Waals surface area contributed by atoms with E-state index in [1.165, 1.54) is 25.7 Å². The number of carbonyl (C=O) groups is 1. The highest BCUT2D eigenvalue weighted by molar-refractivity contribution is 5.93. The molecule has 1 saturated carbocycles. The van der Waals surface area contributed by atoms with Gasteiger partial charge < -0.3 is 5.32 Å². The summed E-state index contributed by atoms with van der Waals surface area (Å²) in [6, 6.07) is 2.46. The Morgan fingerprint density at radius 2 is 2.35 bits per heavy atom. The standard InChI is InChI=1S/C13H17N3O/c1-2-5-13(17)14-10-12-8-9-15-16(12)11-6-3-4-7-11/h8-9,11H,3-4,6-7,10H2,1H3,(H,14,17). The summed E-state index contributed by atoms with van der Waals surface area (Å²) in [6.45, 7) is 2.16. The number of hydrogen-bond donors (Lipinski definition) is 1. The van der Waals surface area contributed by atoms with Crippen molar-refractivity contribution in [3.05, 3.63) is 18.0 Å². The minimum Gasteiger partial charge on any atom is -0.340 e. The topological polar surface area (TPSA) is 46.9 Å². The van der Waals surface area contributed by atoms with E-state index in [9.17, 15) is 4.79 Å². The Hall–Kier alpha value is -1.76. The van der Waals surface area contributed by atoms with Crippen LogP contribution in [0.1, 0.15) is 44.3 Å². The molecule has 0 atom stereocenters. The fourth-order valence-corrected chi connectivity index (χ4v) is 2.29. The number of amides is 1. The zero-order valence-corrected chi connectivity index (χ0v) is 10.1. The lowest BCUT2D eigenvalue weighted by Gasteiger charge is -2.14. The summed E-state index contributed by atoms with van der Waals surface area (Å²) in [7, 11) is 0. The van der Waals surface area contributed by atoms with Gasteiger partial charge in [-0.3, -0.25) is 9.48 Å². The minimum absolute atomic E-state index is 0.230. The maximum absolute atomic E-state index is 11.3. The normalized spacial score (nSPS) is 15.4. The lowest BCUT2D eigenvalue weighted by Crippen LogP contribution is -2.23. The molecule has 0 spiro atoms.